The third kappa shape index (κ3) is 4.05. The van der Waals surface area contributed by atoms with Crippen LogP contribution >= 0.6 is 0 Å². The van der Waals surface area contributed by atoms with Gasteiger partial charge in [0.05, 0.1) is 0 Å². The minimum absolute atomic E-state index is 0.565. The van der Waals surface area contributed by atoms with E-state index < -0.39 is 10.8 Å². The van der Waals surface area contributed by atoms with Crippen molar-refractivity contribution in [3.8, 4) is 0 Å². The molecular weight excluding hydrogens is 268 g/mol. The van der Waals surface area contributed by atoms with Gasteiger partial charge in [-0.3, -0.25) is 14.0 Å². The van der Waals surface area contributed by atoms with Crippen LogP contribution in [0.4, 0.5) is 0 Å². The molecule has 0 spiro atoms. The van der Waals surface area contributed by atoms with Crippen molar-refractivity contribution in [2.45, 2.75) is 64.6 Å². The zero-order valence-corrected chi connectivity index (χ0v) is 14.5. The van der Waals surface area contributed by atoms with Gasteiger partial charge in [0.2, 0.25) is 0 Å². The molecule has 2 heterocycles. The number of piperazine rings is 1. The first-order chi connectivity index (χ1) is 9.49. The topological polar surface area (TPSA) is 23.6 Å². The van der Waals surface area contributed by atoms with E-state index in [0.29, 0.717) is 18.0 Å². The van der Waals surface area contributed by atoms with Crippen molar-refractivity contribution in [3.63, 3.8) is 0 Å². The molecule has 0 aromatic rings. The van der Waals surface area contributed by atoms with E-state index in [9.17, 15) is 4.21 Å². The summed E-state index contributed by atoms with van der Waals surface area (Å²) in [4.78, 5) is 5.46. The van der Waals surface area contributed by atoms with Crippen molar-refractivity contribution < 1.29 is 4.21 Å². The molecule has 3 nitrogen and oxygen atoms in total. The molecule has 0 radical (unpaired) electrons. The summed E-state index contributed by atoms with van der Waals surface area (Å²) >= 11 is 0. The van der Waals surface area contributed by atoms with E-state index in [1.165, 1.54) is 38.9 Å². The largest absolute Gasteiger partial charge is 0.298 e. The number of fused-ring (bicyclic) bond motifs is 1. The lowest BCUT2D eigenvalue weighted by Crippen LogP contribution is -2.62. The highest BCUT2D eigenvalue weighted by atomic mass is 32.2. The summed E-state index contributed by atoms with van der Waals surface area (Å²) in [5, 5.41) is 0. The van der Waals surface area contributed by atoms with Crippen LogP contribution < -0.4 is 0 Å². The fourth-order valence-electron chi connectivity index (χ4n) is 3.83. The minimum Gasteiger partial charge on any atom is -0.298 e. The van der Waals surface area contributed by atoms with E-state index in [2.05, 4.69) is 30.6 Å². The molecule has 0 aromatic heterocycles. The quantitative estimate of drug-likeness (QED) is 0.778. The second-order valence-corrected chi connectivity index (χ2v) is 8.62. The Balaban J connectivity index is 2.01. The Morgan fingerprint density at radius 1 is 1.20 bits per heavy atom. The van der Waals surface area contributed by atoms with Crippen LogP contribution in [0.2, 0.25) is 0 Å². The van der Waals surface area contributed by atoms with E-state index in [1.807, 2.05) is 6.26 Å². The van der Waals surface area contributed by atoms with Gasteiger partial charge >= 0.3 is 0 Å². The summed E-state index contributed by atoms with van der Waals surface area (Å²) in [6, 6.07) is 2.01. The Morgan fingerprint density at radius 3 is 2.60 bits per heavy atom. The Bertz CT molecular complexity index is 334. The van der Waals surface area contributed by atoms with Crippen LogP contribution in [-0.2, 0) is 10.8 Å². The molecule has 4 atom stereocenters. The van der Waals surface area contributed by atoms with Crippen molar-refractivity contribution in [3.05, 3.63) is 0 Å². The molecule has 2 fully saturated rings. The van der Waals surface area contributed by atoms with E-state index in [-0.39, 0.29) is 0 Å². The maximum absolute atomic E-state index is 11.4. The number of nitrogens with zero attached hydrogens (tertiary/aromatic N) is 2. The molecule has 20 heavy (non-hydrogen) atoms. The molecule has 0 N–H and O–H groups in total. The average Bonchev–Trinajstić information content (AvgIpc) is 2.43. The summed E-state index contributed by atoms with van der Waals surface area (Å²) in [7, 11) is -0.658. The number of hydrogen-bond donors (Lipinski definition) is 0. The summed E-state index contributed by atoms with van der Waals surface area (Å²) < 4.78 is 11.4. The second-order valence-electron chi connectivity index (χ2n) is 7.07. The normalized spacial score (nSPS) is 32.0. The molecule has 0 aliphatic carbocycles. The van der Waals surface area contributed by atoms with Gasteiger partial charge in [0.25, 0.3) is 0 Å². The highest BCUT2D eigenvalue weighted by Crippen LogP contribution is 2.29. The summed E-state index contributed by atoms with van der Waals surface area (Å²) in [5.41, 5.74) is 0. The SMILES string of the molecule is CC(C)C1CN2CCCCC2CN1C(C)CCS(C)=O. The van der Waals surface area contributed by atoms with Gasteiger partial charge in [0, 0.05) is 54.0 Å². The van der Waals surface area contributed by atoms with E-state index >= 15 is 0 Å². The Morgan fingerprint density at radius 2 is 1.95 bits per heavy atom. The van der Waals surface area contributed by atoms with Gasteiger partial charge in [-0.05, 0) is 38.6 Å². The van der Waals surface area contributed by atoms with Crippen molar-refractivity contribution in [2.24, 2.45) is 5.92 Å². The average molecular weight is 301 g/mol. The smallest absolute Gasteiger partial charge is 0.0249 e. The van der Waals surface area contributed by atoms with Crippen molar-refractivity contribution in [1.82, 2.24) is 9.80 Å². The van der Waals surface area contributed by atoms with E-state index in [0.717, 1.165) is 18.2 Å². The lowest BCUT2D eigenvalue weighted by atomic mass is 9.90. The summed E-state index contributed by atoms with van der Waals surface area (Å²) in [6.07, 6.45) is 7.04. The molecule has 4 heteroatoms. The van der Waals surface area contributed by atoms with Gasteiger partial charge in [-0.15, -0.1) is 0 Å². The molecule has 4 unspecified atom stereocenters. The molecule has 0 bridgehead atoms. The Hall–Kier alpha value is 0.0700. The fraction of sp³-hybridized carbons (Fsp3) is 1.00. The van der Waals surface area contributed by atoms with Crippen LogP contribution in [0.3, 0.4) is 0 Å². The van der Waals surface area contributed by atoms with Crippen LogP contribution in [0.5, 0.6) is 0 Å². The standard InChI is InChI=1S/C16H32N2OS/c1-13(2)16-12-17-9-6-5-7-15(17)11-18(16)14(3)8-10-20(4)19/h13-16H,5-12H2,1-4H3. The van der Waals surface area contributed by atoms with Crippen LogP contribution in [0.25, 0.3) is 0 Å². The lowest BCUT2D eigenvalue weighted by Gasteiger charge is -2.51. The Kier molecular flexibility index (Phi) is 6.06. The maximum Gasteiger partial charge on any atom is 0.0249 e. The van der Waals surface area contributed by atoms with Gasteiger partial charge in [-0.2, -0.15) is 0 Å². The van der Waals surface area contributed by atoms with Gasteiger partial charge in [0.1, 0.15) is 0 Å². The van der Waals surface area contributed by atoms with Crippen LogP contribution in [0, 0.1) is 5.92 Å². The molecule has 2 rings (SSSR count). The van der Waals surface area contributed by atoms with Crippen molar-refractivity contribution in [2.75, 3.05) is 31.6 Å². The van der Waals surface area contributed by atoms with Gasteiger partial charge in [-0.25, -0.2) is 0 Å². The first-order valence-corrected chi connectivity index (χ1v) is 10.0. The zero-order chi connectivity index (χ0) is 14.7. The Labute approximate surface area is 127 Å². The first-order valence-electron chi connectivity index (χ1n) is 8.29. The highest BCUT2D eigenvalue weighted by Gasteiger charge is 2.37. The molecule has 2 aliphatic rings. The van der Waals surface area contributed by atoms with Gasteiger partial charge < -0.3 is 0 Å². The summed E-state index contributed by atoms with van der Waals surface area (Å²) in [5.74, 6) is 1.55. The van der Waals surface area contributed by atoms with Gasteiger partial charge in [-0.1, -0.05) is 20.3 Å². The van der Waals surface area contributed by atoms with E-state index in [1.54, 1.807) is 0 Å². The molecule has 0 amide bonds. The predicted octanol–water partition coefficient (Wildman–Crippen LogP) is 2.34. The van der Waals surface area contributed by atoms with Crippen molar-refractivity contribution in [1.29, 1.82) is 0 Å². The molecule has 0 aromatic carbocycles. The summed E-state index contributed by atoms with van der Waals surface area (Å²) in [6.45, 7) is 10.8. The van der Waals surface area contributed by atoms with Gasteiger partial charge in [0.15, 0.2) is 0 Å². The monoisotopic (exact) mass is 300 g/mol. The zero-order valence-electron chi connectivity index (χ0n) is 13.7. The minimum atomic E-state index is -0.658. The third-order valence-electron chi connectivity index (χ3n) is 5.18. The first kappa shape index (κ1) is 16.4. The maximum atomic E-state index is 11.4. The predicted molar refractivity (Wildman–Crippen MR) is 87.6 cm³/mol. The fourth-order valence-corrected chi connectivity index (χ4v) is 4.51. The highest BCUT2D eigenvalue weighted by molar-refractivity contribution is 7.84. The van der Waals surface area contributed by atoms with E-state index in [4.69, 9.17) is 0 Å². The third-order valence-corrected chi connectivity index (χ3v) is 5.99. The number of hydrogen-bond acceptors (Lipinski definition) is 3. The van der Waals surface area contributed by atoms with Crippen molar-refractivity contribution >= 4 is 10.8 Å². The van der Waals surface area contributed by atoms with Crippen LogP contribution in [0.1, 0.15) is 46.5 Å². The van der Waals surface area contributed by atoms with Crippen LogP contribution in [0.15, 0.2) is 0 Å². The van der Waals surface area contributed by atoms with Crippen LogP contribution in [-0.4, -0.2) is 63.8 Å². The molecule has 2 aliphatic heterocycles. The molecule has 118 valence electrons. The number of piperidine rings is 1. The molecular formula is C16H32N2OS. The molecule has 0 saturated carbocycles. The second kappa shape index (κ2) is 7.37. The lowest BCUT2D eigenvalue weighted by molar-refractivity contribution is -0.0268. The molecule has 2 saturated heterocycles. The number of rotatable bonds is 5.